The highest BCUT2D eigenvalue weighted by molar-refractivity contribution is 8.00. The number of oxime groups is 1. The number of nitrogens with zero attached hydrogens (tertiary/aromatic N) is 3. The first-order chi connectivity index (χ1) is 23.5. The fourth-order valence-electron chi connectivity index (χ4n) is 4.97. The molecule has 3 aromatic rings. The van der Waals surface area contributed by atoms with Crippen molar-refractivity contribution in [1.82, 2.24) is 15.2 Å². The lowest BCUT2D eigenvalue weighted by atomic mass is 10.0. The number of benzene rings is 2. The van der Waals surface area contributed by atoms with E-state index in [1.54, 1.807) is 20.8 Å². The molecule has 5 rings (SSSR count). The van der Waals surface area contributed by atoms with Crippen molar-refractivity contribution in [3.63, 3.8) is 0 Å². The third-order valence-corrected chi connectivity index (χ3v) is 9.16. The van der Waals surface area contributed by atoms with Crippen LogP contribution in [0.2, 0.25) is 0 Å². The Hall–Kier alpha value is -5.06. The number of rotatable bonds is 13. The number of β-lactam (4-membered cyclic amide) rings is 1. The summed E-state index contributed by atoms with van der Waals surface area (Å²) in [4.78, 5) is 74.5. The van der Waals surface area contributed by atoms with Gasteiger partial charge in [-0.05, 0) is 37.5 Å². The van der Waals surface area contributed by atoms with Crippen LogP contribution in [0.4, 0.5) is 5.13 Å². The van der Waals surface area contributed by atoms with Gasteiger partial charge in [0.15, 0.2) is 16.9 Å². The fourth-order valence-corrected chi connectivity index (χ4v) is 6.96. The normalized spacial score (nSPS) is 17.5. The largest absolute Gasteiger partial charge is 0.457 e. The van der Waals surface area contributed by atoms with Crippen molar-refractivity contribution in [1.29, 1.82) is 0 Å². The van der Waals surface area contributed by atoms with Crippen LogP contribution in [-0.2, 0) is 38.3 Å². The van der Waals surface area contributed by atoms with Crippen LogP contribution in [-0.4, -0.2) is 86.8 Å². The summed E-state index contributed by atoms with van der Waals surface area (Å²) < 4.78 is 11.2. The van der Waals surface area contributed by atoms with Gasteiger partial charge in [0, 0.05) is 11.1 Å². The molecule has 2 aromatic carbocycles. The topological polar surface area (TPSA) is 186 Å². The molecule has 0 bridgehead atoms. The van der Waals surface area contributed by atoms with Gasteiger partial charge in [-0.3, -0.25) is 19.3 Å². The number of anilines is 1. The minimum atomic E-state index is -1.10. The molecule has 256 valence electrons. The highest BCUT2D eigenvalue weighted by Gasteiger charge is 2.55. The number of hydrogen-bond acceptors (Lipinski definition) is 13. The maximum Gasteiger partial charge on any atom is 0.356 e. The number of carbonyl (C=O) groups is 5. The molecule has 1 saturated heterocycles. The third-order valence-electron chi connectivity index (χ3n) is 7.05. The van der Waals surface area contributed by atoms with Crippen LogP contribution in [0.1, 0.15) is 43.7 Å². The molecule has 0 saturated carbocycles. The Kier molecular flexibility index (Phi) is 11.1. The number of thioether (sulfide) groups is 1. The van der Waals surface area contributed by atoms with Gasteiger partial charge in [0.05, 0.1) is 6.61 Å². The number of fused-ring (bicyclic) bond motifs is 1. The van der Waals surface area contributed by atoms with Crippen molar-refractivity contribution in [2.24, 2.45) is 5.16 Å². The van der Waals surface area contributed by atoms with Gasteiger partial charge < -0.3 is 30.1 Å². The van der Waals surface area contributed by atoms with Crippen LogP contribution in [0.15, 0.2) is 82.5 Å². The maximum atomic E-state index is 13.8. The smallest absolute Gasteiger partial charge is 0.356 e. The van der Waals surface area contributed by atoms with Crippen LogP contribution in [0.25, 0.3) is 0 Å². The van der Waals surface area contributed by atoms with Crippen LogP contribution in [0, 0.1) is 0 Å². The molecule has 0 aliphatic carbocycles. The summed E-state index contributed by atoms with van der Waals surface area (Å²) in [6.45, 7) is 3.95. The summed E-state index contributed by atoms with van der Waals surface area (Å²) in [6, 6.07) is 17.2. The van der Waals surface area contributed by atoms with Crippen molar-refractivity contribution >= 4 is 64.1 Å². The Balaban J connectivity index is 1.34. The van der Waals surface area contributed by atoms with Crippen LogP contribution in [0.5, 0.6) is 0 Å². The lowest BCUT2D eigenvalue weighted by Crippen LogP contribution is -2.71. The van der Waals surface area contributed by atoms with Crippen molar-refractivity contribution in [3.05, 3.63) is 94.1 Å². The lowest BCUT2D eigenvalue weighted by Gasteiger charge is -2.49. The number of aliphatic hydroxyl groups is 1. The summed E-state index contributed by atoms with van der Waals surface area (Å²) in [5.74, 6) is -2.82. The number of hydrogen-bond donors (Lipinski definition) is 3. The van der Waals surface area contributed by atoms with Crippen LogP contribution < -0.4 is 10.6 Å². The molecule has 2 aliphatic rings. The van der Waals surface area contributed by atoms with E-state index >= 15 is 0 Å². The Bertz CT molecular complexity index is 1730. The Morgan fingerprint density at radius 1 is 1.10 bits per heavy atom. The second-order valence-corrected chi connectivity index (χ2v) is 13.6. The number of carbonyl (C=O) groups excluding carboxylic acids is 5. The van der Waals surface area contributed by atoms with E-state index in [9.17, 15) is 29.1 Å². The van der Waals surface area contributed by atoms with E-state index in [-0.39, 0.29) is 28.0 Å². The first-order valence-electron chi connectivity index (χ1n) is 15.0. The average Bonchev–Trinajstić information content (AvgIpc) is 3.55. The summed E-state index contributed by atoms with van der Waals surface area (Å²) in [6.07, 6.45) is -0.377. The fraction of sp³-hybridized carbons (Fsp3) is 0.303. The molecule has 3 heterocycles. The van der Waals surface area contributed by atoms with Crippen molar-refractivity contribution in [2.45, 2.75) is 43.9 Å². The third kappa shape index (κ3) is 8.33. The standard InChI is InChI=1S/C33H33N5O9S2/c1-33(2,3)47-23(41)15-45-37-24(22-17-49-32(35-22)34-18-40)28(42)36-25-29(43)38-26(21(14-39)16-48-30(25)38)31(44)46-27(19-10-6-4-7-11-19)20-12-8-5-9-13-20/h4-13,17-18,25,27,30,39H,14-16H2,1-3H3,(H,36,42)(H,34,35,40)/t25?,30-/m1/s1. The first kappa shape index (κ1) is 35.3. The van der Waals surface area contributed by atoms with Gasteiger partial charge in [-0.15, -0.1) is 23.1 Å². The molecule has 1 aromatic heterocycles. The molecular weight excluding hydrogens is 675 g/mol. The van der Waals surface area contributed by atoms with Gasteiger partial charge >= 0.3 is 11.9 Å². The van der Waals surface area contributed by atoms with E-state index < -0.39 is 60.1 Å². The van der Waals surface area contributed by atoms with Crippen molar-refractivity contribution in [3.8, 4) is 0 Å². The van der Waals surface area contributed by atoms with E-state index in [1.807, 2.05) is 60.7 Å². The van der Waals surface area contributed by atoms with Gasteiger partial charge in [0.1, 0.15) is 28.4 Å². The van der Waals surface area contributed by atoms with E-state index in [0.717, 1.165) is 11.3 Å². The molecule has 14 nitrogen and oxygen atoms in total. The molecule has 1 unspecified atom stereocenters. The molecule has 16 heteroatoms. The quantitative estimate of drug-likeness (QED) is 0.0780. The predicted octanol–water partition coefficient (Wildman–Crippen LogP) is 2.75. The minimum Gasteiger partial charge on any atom is -0.457 e. The molecule has 0 spiro atoms. The molecule has 1 fully saturated rings. The van der Waals surface area contributed by atoms with E-state index in [4.69, 9.17) is 14.3 Å². The average molecular weight is 708 g/mol. The summed E-state index contributed by atoms with van der Waals surface area (Å²) >= 11 is 2.26. The van der Waals surface area contributed by atoms with Gasteiger partial charge in [0.25, 0.3) is 11.8 Å². The highest BCUT2D eigenvalue weighted by atomic mass is 32.2. The highest BCUT2D eigenvalue weighted by Crippen LogP contribution is 2.41. The predicted molar refractivity (Wildman–Crippen MR) is 180 cm³/mol. The number of nitrogens with one attached hydrogen (secondary N) is 2. The van der Waals surface area contributed by atoms with Crippen LogP contribution >= 0.6 is 23.1 Å². The first-order valence-corrected chi connectivity index (χ1v) is 16.9. The number of esters is 2. The zero-order chi connectivity index (χ0) is 35.1. The van der Waals surface area contributed by atoms with Gasteiger partial charge in [-0.2, -0.15) is 0 Å². The Morgan fingerprint density at radius 3 is 2.35 bits per heavy atom. The summed E-state index contributed by atoms with van der Waals surface area (Å²) in [5, 5.41) is 19.9. The van der Waals surface area contributed by atoms with Crippen molar-refractivity contribution in [2.75, 3.05) is 24.3 Å². The molecule has 2 atom stereocenters. The minimum absolute atomic E-state index is 0.00978. The summed E-state index contributed by atoms with van der Waals surface area (Å²) in [5.41, 5.74) is 0.509. The van der Waals surface area contributed by atoms with Crippen LogP contribution in [0.3, 0.4) is 0 Å². The number of ether oxygens (including phenoxy) is 2. The molecule has 3 amide bonds. The number of aliphatic hydroxyl groups excluding tert-OH is 1. The number of thiazole rings is 1. The Labute approximate surface area is 289 Å². The monoisotopic (exact) mass is 707 g/mol. The van der Waals surface area contributed by atoms with Gasteiger partial charge in [-0.1, -0.05) is 65.8 Å². The molecule has 2 aliphatic heterocycles. The van der Waals surface area contributed by atoms with E-state index in [1.165, 1.54) is 22.0 Å². The number of aromatic nitrogens is 1. The van der Waals surface area contributed by atoms with Gasteiger partial charge in [-0.25, -0.2) is 14.6 Å². The molecule has 49 heavy (non-hydrogen) atoms. The van der Waals surface area contributed by atoms with Gasteiger partial charge in [0.2, 0.25) is 13.0 Å². The zero-order valence-electron chi connectivity index (χ0n) is 26.7. The second kappa shape index (κ2) is 15.4. The number of amides is 3. The zero-order valence-corrected chi connectivity index (χ0v) is 28.3. The molecule has 3 N–H and O–H groups in total. The SMILES string of the molecule is CC(C)(C)OC(=O)CON=C(C(=O)NC1C(=O)N2C(C(=O)OC(c3ccccc3)c3ccccc3)=C(CO)CS[C@H]12)c1csc(NC=O)n1. The maximum absolute atomic E-state index is 13.8. The second-order valence-electron chi connectivity index (χ2n) is 11.7. The van der Waals surface area contributed by atoms with E-state index in [0.29, 0.717) is 23.1 Å². The summed E-state index contributed by atoms with van der Waals surface area (Å²) in [7, 11) is 0. The van der Waals surface area contributed by atoms with Crippen molar-refractivity contribution < 1.29 is 43.4 Å². The molecular formula is C33H33N5O9S2. The Morgan fingerprint density at radius 2 is 1.76 bits per heavy atom. The molecule has 0 radical (unpaired) electrons. The van der Waals surface area contributed by atoms with E-state index in [2.05, 4.69) is 20.8 Å². The lowest BCUT2D eigenvalue weighted by molar-refractivity contribution is -0.160.